The number of unbranched alkanes of at least 4 members (excludes halogenated alkanes) is 1. The maximum Gasteiger partial charge on any atom is 0.194 e. The molecule has 20 heavy (non-hydrogen) atoms. The van der Waals surface area contributed by atoms with Crippen molar-refractivity contribution in [2.75, 3.05) is 7.11 Å². The average Bonchev–Trinajstić information content (AvgIpc) is 2.60. The van der Waals surface area contributed by atoms with Gasteiger partial charge < -0.3 is 9.84 Å². The number of benzene rings is 1. The number of thioether (sulfide) groups is 1. The van der Waals surface area contributed by atoms with E-state index in [2.05, 4.69) is 0 Å². The SMILES string of the molecule is CCCCC1(Cl)Sc2c(cc(OC)c(Cl)c2Cl)C1(O)Cl. The topological polar surface area (TPSA) is 29.5 Å². The molecule has 0 saturated heterocycles. The highest BCUT2D eigenvalue weighted by molar-refractivity contribution is 8.02. The number of hydrogen-bond acceptors (Lipinski definition) is 3. The molecule has 2 nitrogen and oxygen atoms in total. The van der Waals surface area contributed by atoms with E-state index in [9.17, 15) is 5.11 Å². The van der Waals surface area contributed by atoms with E-state index in [1.807, 2.05) is 6.92 Å². The van der Waals surface area contributed by atoms with Crippen LogP contribution in [0.2, 0.25) is 10.0 Å². The Morgan fingerprint density at radius 2 is 1.95 bits per heavy atom. The van der Waals surface area contributed by atoms with Crippen molar-refractivity contribution < 1.29 is 9.84 Å². The van der Waals surface area contributed by atoms with Gasteiger partial charge in [-0.2, -0.15) is 0 Å². The maximum absolute atomic E-state index is 10.7. The first kappa shape index (κ1) is 16.9. The summed E-state index contributed by atoms with van der Waals surface area (Å²) in [6, 6.07) is 1.60. The highest BCUT2D eigenvalue weighted by Gasteiger charge is 2.57. The van der Waals surface area contributed by atoms with Crippen LogP contribution in [0.1, 0.15) is 31.7 Å². The van der Waals surface area contributed by atoms with Crippen LogP contribution in [0.25, 0.3) is 0 Å². The number of ether oxygens (including phenoxy) is 1. The van der Waals surface area contributed by atoms with Gasteiger partial charge in [-0.05, 0) is 12.5 Å². The summed E-state index contributed by atoms with van der Waals surface area (Å²) >= 11 is 26.5. The van der Waals surface area contributed by atoms with Gasteiger partial charge in [-0.25, -0.2) is 0 Å². The summed E-state index contributed by atoms with van der Waals surface area (Å²) in [5, 5.41) is 9.57. The summed E-state index contributed by atoms with van der Waals surface area (Å²) in [6.45, 7) is 2.05. The van der Waals surface area contributed by atoms with E-state index in [1.165, 1.54) is 18.9 Å². The van der Waals surface area contributed by atoms with E-state index < -0.39 is 9.27 Å². The van der Waals surface area contributed by atoms with Gasteiger partial charge in [0, 0.05) is 10.5 Å². The minimum absolute atomic E-state index is 0.296. The summed E-state index contributed by atoms with van der Waals surface area (Å²) in [5.41, 5.74) is 0.446. The van der Waals surface area contributed by atoms with Crippen LogP contribution in [0.3, 0.4) is 0 Å². The minimum atomic E-state index is -1.72. The molecule has 0 spiro atoms. The number of hydrogen-bond donors (Lipinski definition) is 1. The number of aliphatic hydroxyl groups is 1. The Bertz CT molecular complexity index is 536. The van der Waals surface area contributed by atoms with Gasteiger partial charge in [-0.3, -0.25) is 0 Å². The van der Waals surface area contributed by atoms with Crippen molar-refractivity contribution in [2.24, 2.45) is 0 Å². The van der Waals surface area contributed by atoms with Crippen molar-refractivity contribution in [1.29, 1.82) is 0 Å². The predicted molar refractivity (Wildman–Crippen MR) is 86.7 cm³/mol. The Morgan fingerprint density at radius 3 is 2.50 bits per heavy atom. The second-order valence-electron chi connectivity index (χ2n) is 4.64. The standard InChI is InChI=1S/C13H14Cl4O2S/c1-3-4-5-12(16)13(17,18)7-6-8(19-2)9(14)10(15)11(7)20-12/h6,18H,3-5H2,1-2H3. The van der Waals surface area contributed by atoms with E-state index in [-0.39, 0.29) is 0 Å². The van der Waals surface area contributed by atoms with Crippen molar-refractivity contribution >= 4 is 58.2 Å². The second kappa shape index (κ2) is 5.94. The largest absolute Gasteiger partial charge is 0.495 e. The van der Waals surface area contributed by atoms with Crippen LogP contribution in [0.4, 0.5) is 0 Å². The fourth-order valence-electron chi connectivity index (χ4n) is 2.13. The summed E-state index contributed by atoms with van der Waals surface area (Å²) in [6.07, 6.45) is 2.36. The zero-order chi connectivity index (χ0) is 15.1. The fourth-order valence-corrected chi connectivity index (χ4v) is 4.93. The molecule has 0 fully saturated rings. The van der Waals surface area contributed by atoms with Gasteiger partial charge in [-0.1, -0.05) is 66.3 Å². The van der Waals surface area contributed by atoms with E-state index in [4.69, 9.17) is 51.1 Å². The first-order valence-corrected chi connectivity index (χ1v) is 8.47. The molecule has 0 aliphatic carbocycles. The third kappa shape index (κ3) is 2.51. The molecule has 0 radical (unpaired) electrons. The van der Waals surface area contributed by atoms with Gasteiger partial charge in [0.25, 0.3) is 0 Å². The van der Waals surface area contributed by atoms with Crippen LogP contribution in [-0.4, -0.2) is 16.4 Å². The molecular formula is C13H14Cl4O2S. The summed E-state index contributed by atoms with van der Waals surface area (Å²) < 4.78 is 4.09. The molecule has 0 saturated carbocycles. The molecule has 2 unspecified atom stereocenters. The van der Waals surface area contributed by atoms with Crippen molar-refractivity contribution in [3.8, 4) is 5.75 Å². The number of halogens is 4. The third-order valence-corrected chi connectivity index (χ3v) is 7.16. The van der Waals surface area contributed by atoms with Crippen LogP contribution in [0, 0.1) is 0 Å². The molecule has 2 atom stereocenters. The normalized spacial score (nSPS) is 28.6. The van der Waals surface area contributed by atoms with Gasteiger partial charge in [0.1, 0.15) is 15.0 Å². The first-order valence-electron chi connectivity index (χ1n) is 6.14. The van der Waals surface area contributed by atoms with Gasteiger partial charge in [0.15, 0.2) is 5.06 Å². The number of fused-ring (bicyclic) bond motifs is 1. The Morgan fingerprint density at radius 1 is 1.30 bits per heavy atom. The molecule has 1 aromatic carbocycles. The first-order chi connectivity index (χ1) is 9.28. The Kier molecular flexibility index (Phi) is 5.01. The summed E-state index contributed by atoms with van der Waals surface area (Å²) in [7, 11) is 1.48. The van der Waals surface area contributed by atoms with Gasteiger partial charge >= 0.3 is 0 Å². The highest BCUT2D eigenvalue weighted by Crippen LogP contribution is 2.65. The number of methoxy groups -OCH3 is 1. The van der Waals surface area contributed by atoms with Crippen molar-refractivity contribution in [3.05, 3.63) is 21.7 Å². The lowest BCUT2D eigenvalue weighted by atomic mass is 10.0. The molecule has 0 aromatic heterocycles. The van der Waals surface area contributed by atoms with Crippen LogP contribution in [0.5, 0.6) is 5.75 Å². The van der Waals surface area contributed by atoms with Crippen molar-refractivity contribution in [3.63, 3.8) is 0 Å². The average molecular weight is 376 g/mol. The highest BCUT2D eigenvalue weighted by atomic mass is 35.5. The van der Waals surface area contributed by atoms with Crippen LogP contribution in [0.15, 0.2) is 11.0 Å². The third-order valence-electron chi connectivity index (χ3n) is 3.32. The molecule has 1 heterocycles. The molecule has 1 aliphatic rings. The van der Waals surface area contributed by atoms with Crippen LogP contribution < -0.4 is 4.74 Å². The van der Waals surface area contributed by atoms with Gasteiger partial charge in [0.2, 0.25) is 0 Å². The van der Waals surface area contributed by atoms with E-state index in [1.54, 1.807) is 6.07 Å². The Labute approximate surface area is 142 Å². The molecule has 0 amide bonds. The van der Waals surface area contributed by atoms with E-state index in [0.717, 1.165) is 12.8 Å². The molecule has 1 aliphatic heterocycles. The molecular weight excluding hydrogens is 362 g/mol. The van der Waals surface area contributed by atoms with E-state index in [0.29, 0.717) is 32.7 Å². The van der Waals surface area contributed by atoms with Crippen LogP contribution in [-0.2, 0) is 5.06 Å². The molecule has 0 bridgehead atoms. The lowest BCUT2D eigenvalue weighted by molar-refractivity contribution is 0.110. The van der Waals surface area contributed by atoms with Crippen molar-refractivity contribution in [2.45, 2.75) is 40.3 Å². The maximum atomic E-state index is 10.7. The zero-order valence-corrected chi connectivity index (χ0v) is 14.8. The molecule has 112 valence electrons. The molecule has 1 N–H and O–H groups in total. The lowest BCUT2D eigenvalue weighted by Gasteiger charge is -2.31. The molecule has 7 heteroatoms. The van der Waals surface area contributed by atoms with Gasteiger partial charge in [0.05, 0.1) is 12.1 Å². The lowest BCUT2D eigenvalue weighted by Crippen LogP contribution is -2.36. The van der Waals surface area contributed by atoms with Crippen LogP contribution >= 0.6 is 58.2 Å². The van der Waals surface area contributed by atoms with E-state index >= 15 is 0 Å². The number of alkyl halides is 2. The second-order valence-corrected chi connectivity index (χ2v) is 8.12. The zero-order valence-electron chi connectivity index (χ0n) is 11.0. The molecule has 1 aromatic rings. The van der Waals surface area contributed by atoms with Gasteiger partial charge in [-0.15, -0.1) is 11.6 Å². The predicted octanol–water partition coefficient (Wildman–Crippen LogP) is 5.62. The Balaban J connectivity index is 2.54. The number of rotatable bonds is 4. The quantitative estimate of drug-likeness (QED) is 0.692. The molecule has 2 rings (SSSR count). The summed E-state index contributed by atoms with van der Waals surface area (Å²) in [5.74, 6) is 0.367. The minimum Gasteiger partial charge on any atom is -0.495 e. The fraction of sp³-hybridized carbons (Fsp3) is 0.538. The smallest absolute Gasteiger partial charge is 0.194 e. The summed E-state index contributed by atoms with van der Waals surface area (Å²) in [4.78, 5) is 0.612. The monoisotopic (exact) mass is 374 g/mol. The van der Waals surface area contributed by atoms with Crippen molar-refractivity contribution in [1.82, 2.24) is 0 Å². The Hall–Kier alpha value is 0.490.